The predicted molar refractivity (Wildman–Crippen MR) is 40.6 cm³/mol. The summed E-state index contributed by atoms with van der Waals surface area (Å²) in [6.45, 7) is 7.49. The molecule has 0 bridgehead atoms. The molecule has 0 aromatic heterocycles. The molecule has 2 nitrogen and oxygen atoms in total. The summed E-state index contributed by atoms with van der Waals surface area (Å²) in [5.41, 5.74) is 0.393. The summed E-state index contributed by atoms with van der Waals surface area (Å²) in [5, 5.41) is 0. The standard InChI is InChI=1S/C8H12O2/c1-4-6-7(3)8(9)10-5-2/h4,6H,3,5H2,1-2H3/b6-4+. The first-order valence-corrected chi connectivity index (χ1v) is 3.21. The van der Waals surface area contributed by atoms with Crippen molar-refractivity contribution in [1.29, 1.82) is 0 Å². The van der Waals surface area contributed by atoms with Crippen LogP contribution in [0.15, 0.2) is 24.3 Å². The fourth-order valence-corrected chi connectivity index (χ4v) is 0.493. The Morgan fingerprint density at radius 3 is 2.70 bits per heavy atom. The van der Waals surface area contributed by atoms with Gasteiger partial charge in [-0.1, -0.05) is 18.7 Å². The summed E-state index contributed by atoms with van der Waals surface area (Å²) < 4.78 is 4.67. The Bertz CT molecular complexity index is 157. The molecule has 0 radical (unpaired) electrons. The summed E-state index contributed by atoms with van der Waals surface area (Å²) in [6.07, 6.45) is 3.37. The normalized spacial score (nSPS) is 9.80. The SMILES string of the molecule is C=C(/C=C/C)C(=O)OCC. The van der Waals surface area contributed by atoms with Crippen LogP contribution in [0.3, 0.4) is 0 Å². The molecule has 0 fully saturated rings. The Morgan fingerprint density at radius 1 is 1.70 bits per heavy atom. The van der Waals surface area contributed by atoms with Crippen LogP contribution >= 0.6 is 0 Å². The number of hydrogen-bond acceptors (Lipinski definition) is 2. The van der Waals surface area contributed by atoms with Crippen molar-refractivity contribution >= 4 is 5.97 Å². The van der Waals surface area contributed by atoms with Crippen LogP contribution in [0.1, 0.15) is 13.8 Å². The summed E-state index contributed by atoms with van der Waals surface area (Å²) >= 11 is 0. The van der Waals surface area contributed by atoms with Crippen molar-refractivity contribution in [2.24, 2.45) is 0 Å². The highest BCUT2D eigenvalue weighted by molar-refractivity contribution is 5.90. The third-order valence-corrected chi connectivity index (χ3v) is 0.905. The second-order valence-electron chi connectivity index (χ2n) is 1.75. The molecule has 0 atom stereocenters. The maximum Gasteiger partial charge on any atom is 0.337 e. The van der Waals surface area contributed by atoms with Gasteiger partial charge >= 0.3 is 5.97 Å². The maximum absolute atomic E-state index is 10.8. The molecular weight excluding hydrogens is 128 g/mol. The third kappa shape index (κ3) is 3.07. The quantitative estimate of drug-likeness (QED) is 0.338. The highest BCUT2D eigenvalue weighted by Crippen LogP contribution is 1.95. The first-order valence-electron chi connectivity index (χ1n) is 3.21. The van der Waals surface area contributed by atoms with Gasteiger partial charge in [0.15, 0.2) is 0 Å². The number of allylic oxidation sites excluding steroid dienone is 1. The van der Waals surface area contributed by atoms with Crippen molar-refractivity contribution in [3.63, 3.8) is 0 Å². The molecule has 0 amide bonds. The van der Waals surface area contributed by atoms with Crippen LogP contribution in [0.25, 0.3) is 0 Å². The summed E-state index contributed by atoms with van der Waals surface area (Å²) in [6, 6.07) is 0. The van der Waals surface area contributed by atoms with Crippen LogP contribution < -0.4 is 0 Å². The summed E-state index contributed by atoms with van der Waals surface area (Å²) in [4.78, 5) is 10.8. The molecule has 10 heavy (non-hydrogen) atoms. The van der Waals surface area contributed by atoms with Gasteiger partial charge in [-0.05, 0) is 13.8 Å². The van der Waals surface area contributed by atoms with Gasteiger partial charge in [-0.15, -0.1) is 0 Å². The second-order valence-corrected chi connectivity index (χ2v) is 1.75. The number of carbonyl (C=O) groups is 1. The van der Waals surface area contributed by atoms with E-state index in [4.69, 9.17) is 0 Å². The zero-order valence-corrected chi connectivity index (χ0v) is 6.39. The molecule has 0 aliphatic carbocycles. The van der Waals surface area contributed by atoms with Gasteiger partial charge < -0.3 is 4.74 Å². The molecule has 0 heterocycles. The lowest BCUT2D eigenvalue weighted by Crippen LogP contribution is -2.04. The van der Waals surface area contributed by atoms with Gasteiger partial charge in [0.05, 0.1) is 12.2 Å². The van der Waals surface area contributed by atoms with Gasteiger partial charge in [-0.25, -0.2) is 4.79 Å². The smallest absolute Gasteiger partial charge is 0.337 e. The van der Waals surface area contributed by atoms with Gasteiger partial charge in [0.25, 0.3) is 0 Å². The third-order valence-electron chi connectivity index (χ3n) is 0.905. The zero-order valence-electron chi connectivity index (χ0n) is 6.39. The van der Waals surface area contributed by atoms with Crippen LogP contribution in [-0.2, 0) is 9.53 Å². The molecule has 0 rings (SSSR count). The number of hydrogen-bond donors (Lipinski definition) is 0. The van der Waals surface area contributed by atoms with Crippen LogP contribution in [0, 0.1) is 0 Å². The summed E-state index contributed by atoms with van der Waals surface area (Å²) in [7, 11) is 0. The lowest BCUT2D eigenvalue weighted by atomic mass is 10.3. The Morgan fingerprint density at radius 2 is 2.30 bits per heavy atom. The van der Waals surface area contributed by atoms with Crippen LogP contribution in [0.2, 0.25) is 0 Å². The van der Waals surface area contributed by atoms with E-state index in [2.05, 4.69) is 11.3 Å². The zero-order chi connectivity index (χ0) is 7.98. The molecule has 0 saturated heterocycles. The van der Waals surface area contributed by atoms with Crippen molar-refractivity contribution in [2.45, 2.75) is 13.8 Å². The van der Waals surface area contributed by atoms with E-state index in [0.717, 1.165) is 0 Å². The molecular formula is C8H12O2. The minimum absolute atomic E-state index is 0.347. The van der Waals surface area contributed by atoms with Gasteiger partial charge in [0, 0.05) is 0 Å². The molecule has 0 saturated carbocycles. The molecule has 0 aliphatic heterocycles. The highest BCUT2D eigenvalue weighted by Gasteiger charge is 2.01. The number of rotatable bonds is 3. The fraction of sp³-hybridized carbons (Fsp3) is 0.375. The molecule has 0 N–H and O–H groups in total. The first-order chi connectivity index (χ1) is 4.72. The van der Waals surface area contributed by atoms with E-state index in [-0.39, 0.29) is 5.97 Å². The number of ether oxygens (including phenoxy) is 1. The second kappa shape index (κ2) is 4.79. The van der Waals surface area contributed by atoms with Crippen molar-refractivity contribution in [1.82, 2.24) is 0 Å². The van der Waals surface area contributed by atoms with Gasteiger partial charge in [-0.3, -0.25) is 0 Å². The lowest BCUT2D eigenvalue weighted by Gasteiger charge is -1.98. The van der Waals surface area contributed by atoms with Crippen molar-refractivity contribution in [3.8, 4) is 0 Å². The van der Waals surface area contributed by atoms with E-state index in [1.807, 2.05) is 6.92 Å². The van der Waals surface area contributed by atoms with E-state index in [9.17, 15) is 4.79 Å². The van der Waals surface area contributed by atoms with Crippen LogP contribution in [0.4, 0.5) is 0 Å². The average Bonchev–Trinajstić information content (AvgIpc) is 1.89. The van der Waals surface area contributed by atoms with Crippen LogP contribution in [-0.4, -0.2) is 12.6 Å². The van der Waals surface area contributed by atoms with Gasteiger partial charge in [0.1, 0.15) is 0 Å². The van der Waals surface area contributed by atoms with Crippen molar-refractivity contribution in [3.05, 3.63) is 24.3 Å². The first kappa shape index (κ1) is 8.95. The lowest BCUT2D eigenvalue weighted by molar-refractivity contribution is -0.138. The topological polar surface area (TPSA) is 26.3 Å². The molecule has 0 spiro atoms. The highest BCUT2D eigenvalue weighted by atomic mass is 16.5. The minimum atomic E-state index is -0.347. The number of esters is 1. The van der Waals surface area contributed by atoms with Gasteiger partial charge in [0.2, 0.25) is 0 Å². The molecule has 2 heteroatoms. The Labute approximate surface area is 61.2 Å². The minimum Gasteiger partial charge on any atom is -0.462 e. The maximum atomic E-state index is 10.8. The van der Waals surface area contributed by atoms with E-state index < -0.39 is 0 Å². The Balaban J connectivity index is 3.83. The average molecular weight is 140 g/mol. The summed E-state index contributed by atoms with van der Waals surface area (Å²) in [5.74, 6) is -0.347. The van der Waals surface area contributed by atoms with Crippen molar-refractivity contribution in [2.75, 3.05) is 6.61 Å². The molecule has 0 aromatic carbocycles. The molecule has 0 aliphatic rings. The molecule has 0 aromatic rings. The largest absolute Gasteiger partial charge is 0.462 e. The van der Waals surface area contributed by atoms with E-state index >= 15 is 0 Å². The number of carbonyl (C=O) groups excluding carboxylic acids is 1. The van der Waals surface area contributed by atoms with Gasteiger partial charge in [-0.2, -0.15) is 0 Å². The Kier molecular flexibility index (Phi) is 4.29. The van der Waals surface area contributed by atoms with E-state index in [0.29, 0.717) is 12.2 Å². The molecule has 0 unspecified atom stereocenters. The van der Waals surface area contributed by atoms with E-state index in [1.54, 1.807) is 19.1 Å². The predicted octanol–water partition coefficient (Wildman–Crippen LogP) is 1.68. The van der Waals surface area contributed by atoms with E-state index in [1.165, 1.54) is 0 Å². The molecule has 56 valence electrons. The fourth-order valence-electron chi connectivity index (χ4n) is 0.493. The van der Waals surface area contributed by atoms with Crippen molar-refractivity contribution < 1.29 is 9.53 Å². The monoisotopic (exact) mass is 140 g/mol. The Hall–Kier alpha value is -1.05. The van der Waals surface area contributed by atoms with Crippen LogP contribution in [0.5, 0.6) is 0 Å².